The minimum absolute atomic E-state index is 0.0923. The first-order valence-corrected chi connectivity index (χ1v) is 13.1. The summed E-state index contributed by atoms with van der Waals surface area (Å²) in [4.78, 5) is 29.3. The fourth-order valence-corrected chi connectivity index (χ4v) is 4.62. The second kappa shape index (κ2) is 9.80. The Kier molecular flexibility index (Phi) is 6.82. The maximum atomic E-state index is 13.1. The standard InChI is InChI=1S/C23H28N6O4S/c1-3-29-22-19(14-26-29)21(27-16-8-10-18(30)11-9-16)20(13-24-22)23(31)25-12-15-4-6-17(7-5-15)28-34(2,32)33/h4-7,13-14,16,28H,3,8-12H2,1-2H3,(H,24,27)(H,25,31). The van der Waals surface area contributed by atoms with Gasteiger partial charge in [0, 0.05) is 43.9 Å². The Balaban J connectivity index is 1.54. The number of aryl methyl sites for hydroxylation is 1. The second-order valence-corrected chi connectivity index (χ2v) is 10.2. The van der Waals surface area contributed by atoms with Gasteiger partial charge in [0.1, 0.15) is 5.78 Å². The van der Waals surface area contributed by atoms with E-state index >= 15 is 0 Å². The molecule has 11 heteroatoms. The zero-order chi connectivity index (χ0) is 24.3. The van der Waals surface area contributed by atoms with Crippen molar-refractivity contribution in [3.05, 3.63) is 47.8 Å². The molecule has 1 saturated carbocycles. The van der Waals surface area contributed by atoms with Crippen LogP contribution in [0.5, 0.6) is 0 Å². The normalized spacial score (nSPS) is 14.8. The van der Waals surface area contributed by atoms with Gasteiger partial charge in [-0.25, -0.2) is 18.1 Å². The molecular formula is C23H28N6O4S. The number of fused-ring (bicyclic) bond motifs is 1. The molecule has 3 N–H and O–H groups in total. The van der Waals surface area contributed by atoms with E-state index in [2.05, 4.69) is 25.4 Å². The van der Waals surface area contributed by atoms with Crippen molar-refractivity contribution < 1.29 is 18.0 Å². The lowest BCUT2D eigenvalue weighted by Gasteiger charge is -2.24. The Morgan fingerprint density at radius 3 is 2.50 bits per heavy atom. The molecule has 3 aromatic rings. The van der Waals surface area contributed by atoms with Crippen molar-refractivity contribution in [3.8, 4) is 0 Å². The van der Waals surface area contributed by atoms with Crippen molar-refractivity contribution >= 4 is 44.1 Å². The molecule has 2 heterocycles. The summed E-state index contributed by atoms with van der Waals surface area (Å²) >= 11 is 0. The fourth-order valence-electron chi connectivity index (χ4n) is 4.06. The van der Waals surface area contributed by atoms with Crippen LogP contribution in [0.15, 0.2) is 36.7 Å². The maximum Gasteiger partial charge on any atom is 0.255 e. The van der Waals surface area contributed by atoms with Gasteiger partial charge in [0.05, 0.1) is 29.1 Å². The number of sulfonamides is 1. The van der Waals surface area contributed by atoms with Crippen LogP contribution in [0.4, 0.5) is 11.4 Å². The first-order chi connectivity index (χ1) is 16.2. The number of pyridine rings is 1. The Morgan fingerprint density at radius 2 is 1.85 bits per heavy atom. The number of hydrogen-bond donors (Lipinski definition) is 3. The van der Waals surface area contributed by atoms with E-state index in [-0.39, 0.29) is 24.3 Å². The predicted octanol–water partition coefficient (Wildman–Crippen LogP) is 2.68. The monoisotopic (exact) mass is 484 g/mol. The van der Waals surface area contributed by atoms with E-state index in [1.54, 1.807) is 41.3 Å². The second-order valence-electron chi connectivity index (χ2n) is 8.46. The van der Waals surface area contributed by atoms with Gasteiger partial charge in [0.15, 0.2) is 5.65 Å². The summed E-state index contributed by atoms with van der Waals surface area (Å²) in [5, 5.41) is 11.6. The number of nitrogens with one attached hydrogen (secondary N) is 3. The van der Waals surface area contributed by atoms with E-state index in [1.165, 1.54) is 0 Å². The van der Waals surface area contributed by atoms with Gasteiger partial charge < -0.3 is 10.6 Å². The number of nitrogens with zero attached hydrogens (tertiary/aromatic N) is 3. The van der Waals surface area contributed by atoms with Crippen LogP contribution in [-0.2, 0) is 27.9 Å². The van der Waals surface area contributed by atoms with Crippen LogP contribution in [0.3, 0.4) is 0 Å². The molecule has 0 saturated heterocycles. The molecule has 0 spiro atoms. The number of aromatic nitrogens is 3. The van der Waals surface area contributed by atoms with Crippen molar-refractivity contribution in [3.63, 3.8) is 0 Å². The summed E-state index contributed by atoms with van der Waals surface area (Å²) in [6.45, 7) is 2.90. The van der Waals surface area contributed by atoms with Crippen molar-refractivity contribution in [2.45, 2.75) is 51.7 Å². The van der Waals surface area contributed by atoms with Crippen molar-refractivity contribution in [2.75, 3.05) is 16.3 Å². The highest BCUT2D eigenvalue weighted by Gasteiger charge is 2.23. The molecule has 2 aromatic heterocycles. The third-order valence-corrected chi connectivity index (χ3v) is 6.42. The van der Waals surface area contributed by atoms with E-state index in [0.717, 1.165) is 30.0 Å². The number of hydrogen-bond acceptors (Lipinski definition) is 7. The van der Waals surface area contributed by atoms with Gasteiger partial charge in [-0.2, -0.15) is 5.10 Å². The molecule has 1 amide bonds. The Morgan fingerprint density at radius 1 is 1.15 bits per heavy atom. The number of carbonyl (C=O) groups is 2. The summed E-state index contributed by atoms with van der Waals surface area (Å²) in [6.07, 6.45) is 6.87. The van der Waals surface area contributed by atoms with E-state index in [1.807, 2.05) is 6.92 Å². The molecular weight excluding hydrogens is 456 g/mol. The zero-order valence-electron chi connectivity index (χ0n) is 19.2. The quantitative estimate of drug-likeness (QED) is 0.447. The number of amides is 1. The third-order valence-electron chi connectivity index (χ3n) is 5.81. The van der Waals surface area contributed by atoms with Crippen LogP contribution in [0.1, 0.15) is 48.5 Å². The molecule has 0 bridgehead atoms. The lowest BCUT2D eigenvalue weighted by molar-refractivity contribution is -0.120. The van der Waals surface area contributed by atoms with Crippen LogP contribution in [0, 0.1) is 0 Å². The summed E-state index contributed by atoms with van der Waals surface area (Å²) in [6, 6.07) is 6.88. The number of Topliss-reactive ketones (excluding diaryl/α,β-unsaturated/α-hetero) is 1. The minimum atomic E-state index is -3.35. The van der Waals surface area contributed by atoms with Gasteiger partial charge in [-0.15, -0.1) is 0 Å². The topological polar surface area (TPSA) is 135 Å². The highest BCUT2D eigenvalue weighted by Crippen LogP contribution is 2.29. The zero-order valence-corrected chi connectivity index (χ0v) is 20.0. The summed E-state index contributed by atoms with van der Waals surface area (Å²) in [5.74, 6) is -0.0150. The highest BCUT2D eigenvalue weighted by molar-refractivity contribution is 7.92. The third kappa shape index (κ3) is 5.53. The predicted molar refractivity (Wildman–Crippen MR) is 130 cm³/mol. The maximum absolute atomic E-state index is 13.1. The van der Waals surface area contributed by atoms with Crippen LogP contribution >= 0.6 is 0 Å². The average molecular weight is 485 g/mol. The molecule has 1 aromatic carbocycles. The lowest BCUT2D eigenvalue weighted by Crippen LogP contribution is -2.29. The van der Waals surface area contributed by atoms with E-state index in [0.29, 0.717) is 42.0 Å². The number of anilines is 2. The Labute approximate surface area is 198 Å². The van der Waals surface area contributed by atoms with Gasteiger partial charge >= 0.3 is 0 Å². The number of carbonyl (C=O) groups excluding carboxylic acids is 2. The first kappa shape index (κ1) is 23.7. The van der Waals surface area contributed by atoms with E-state index in [4.69, 9.17) is 0 Å². The van der Waals surface area contributed by atoms with Gasteiger partial charge in [-0.1, -0.05) is 12.1 Å². The van der Waals surface area contributed by atoms with Crippen LogP contribution in [0.25, 0.3) is 11.0 Å². The van der Waals surface area contributed by atoms with Gasteiger partial charge in [0.2, 0.25) is 10.0 Å². The minimum Gasteiger partial charge on any atom is -0.381 e. The Bertz CT molecular complexity index is 1310. The molecule has 1 fully saturated rings. The number of rotatable bonds is 8. The molecule has 10 nitrogen and oxygen atoms in total. The number of benzene rings is 1. The molecule has 34 heavy (non-hydrogen) atoms. The molecule has 180 valence electrons. The molecule has 0 radical (unpaired) electrons. The van der Waals surface area contributed by atoms with Crippen LogP contribution in [0.2, 0.25) is 0 Å². The smallest absolute Gasteiger partial charge is 0.255 e. The largest absolute Gasteiger partial charge is 0.381 e. The summed E-state index contributed by atoms with van der Waals surface area (Å²) in [5.41, 5.74) is 3.06. The molecule has 0 unspecified atom stereocenters. The van der Waals surface area contributed by atoms with Crippen molar-refractivity contribution in [2.24, 2.45) is 0 Å². The average Bonchev–Trinajstić information content (AvgIpc) is 3.23. The fraction of sp³-hybridized carbons (Fsp3) is 0.391. The lowest BCUT2D eigenvalue weighted by atomic mass is 9.94. The molecule has 0 atom stereocenters. The molecule has 1 aliphatic rings. The first-order valence-electron chi connectivity index (χ1n) is 11.2. The van der Waals surface area contributed by atoms with Gasteiger partial charge in [-0.05, 0) is 37.5 Å². The van der Waals surface area contributed by atoms with Gasteiger partial charge in [-0.3, -0.25) is 14.3 Å². The highest BCUT2D eigenvalue weighted by atomic mass is 32.2. The SMILES string of the molecule is CCn1ncc2c(NC3CCC(=O)CC3)c(C(=O)NCc3ccc(NS(C)(=O)=O)cc3)cnc21. The summed E-state index contributed by atoms with van der Waals surface area (Å²) in [7, 11) is -3.35. The van der Waals surface area contributed by atoms with Crippen LogP contribution in [-0.4, -0.2) is 47.2 Å². The molecule has 0 aliphatic heterocycles. The van der Waals surface area contributed by atoms with E-state index < -0.39 is 10.0 Å². The van der Waals surface area contributed by atoms with Gasteiger partial charge in [0.25, 0.3) is 5.91 Å². The van der Waals surface area contributed by atoms with E-state index in [9.17, 15) is 18.0 Å². The molecule has 1 aliphatic carbocycles. The molecule has 4 rings (SSSR count). The Hall–Kier alpha value is -3.47. The van der Waals surface area contributed by atoms with Crippen molar-refractivity contribution in [1.82, 2.24) is 20.1 Å². The van der Waals surface area contributed by atoms with Crippen molar-refractivity contribution in [1.29, 1.82) is 0 Å². The van der Waals surface area contributed by atoms with Crippen LogP contribution < -0.4 is 15.4 Å². The number of ketones is 1. The summed E-state index contributed by atoms with van der Waals surface area (Å²) < 4.78 is 26.9.